The van der Waals surface area contributed by atoms with E-state index >= 15 is 0 Å². The number of fused-ring (bicyclic) bond motifs is 1. The molecule has 3 aliphatic rings. The summed E-state index contributed by atoms with van der Waals surface area (Å²) < 4.78 is 0. The Hall–Kier alpha value is -0.570. The first-order valence-corrected chi connectivity index (χ1v) is 7.37. The van der Waals surface area contributed by atoms with Gasteiger partial charge >= 0.3 is 0 Å². The minimum atomic E-state index is 0.134. The number of nitrogens with zero attached hydrogens (tertiary/aromatic N) is 1. The molecule has 0 radical (unpaired) electrons. The second-order valence-corrected chi connectivity index (χ2v) is 6.03. The van der Waals surface area contributed by atoms with E-state index in [1.54, 1.807) is 0 Å². The fraction of sp³-hybridized carbons (Fsp3) is 0.929. The van der Waals surface area contributed by atoms with Crippen molar-refractivity contribution in [1.82, 2.24) is 10.2 Å². The number of likely N-dealkylation sites (tertiary alicyclic amines) is 1. The molecule has 0 aromatic rings. The van der Waals surface area contributed by atoms with Crippen molar-refractivity contribution in [2.24, 2.45) is 11.8 Å². The van der Waals surface area contributed by atoms with Gasteiger partial charge in [0.2, 0.25) is 5.91 Å². The Labute approximate surface area is 104 Å². The molecule has 2 aliphatic heterocycles. The summed E-state index contributed by atoms with van der Waals surface area (Å²) in [6, 6.07) is 0.134. The molecule has 2 saturated heterocycles. The Bertz CT molecular complexity index is 286. The van der Waals surface area contributed by atoms with E-state index in [9.17, 15) is 4.79 Å². The van der Waals surface area contributed by atoms with E-state index in [0.717, 1.165) is 44.3 Å². The van der Waals surface area contributed by atoms with Gasteiger partial charge in [0.1, 0.15) is 0 Å². The van der Waals surface area contributed by atoms with E-state index in [1.807, 2.05) is 0 Å². The number of piperidine rings is 1. The number of hydrogen-bond donors (Lipinski definition) is 1. The summed E-state index contributed by atoms with van der Waals surface area (Å²) in [6.07, 6.45) is 9.02. The van der Waals surface area contributed by atoms with Crippen LogP contribution in [0.15, 0.2) is 0 Å². The van der Waals surface area contributed by atoms with Crippen LogP contribution in [0.2, 0.25) is 0 Å². The summed E-state index contributed by atoms with van der Waals surface area (Å²) in [5.74, 6) is 2.11. The van der Waals surface area contributed by atoms with Crippen molar-refractivity contribution in [3.8, 4) is 0 Å². The van der Waals surface area contributed by atoms with Crippen molar-refractivity contribution in [1.29, 1.82) is 0 Å². The molecular weight excluding hydrogens is 212 g/mol. The zero-order valence-electron chi connectivity index (χ0n) is 10.7. The van der Waals surface area contributed by atoms with Crippen molar-refractivity contribution in [2.45, 2.75) is 51.0 Å². The van der Waals surface area contributed by atoms with Crippen LogP contribution >= 0.6 is 0 Å². The molecule has 0 bridgehead atoms. The second kappa shape index (κ2) is 4.97. The predicted octanol–water partition coefficient (Wildman–Crippen LogP) is 1.78. The average Bonchev–Trinajstić information content (AvgIpc) is 2.91. The van der Waals surface area contributed by atoms with Crippen molar-refractivity contribution in [3.05, 3.63) is 0 Å². The molecule has 17 heavy (non-hydrogen) atoms. The first kappa shape index (κ1) is 11.5. The molecule has 3 atom stereocenters. The molecule has 3 fully saturated rings. The summed E-state index contributed by atoms with van der Waals surface area (Å²) in [6.45, 7) is 3.08. The Balaban J connectivity index is 1.59. The van der Waals surface area contributed by atoms with Crippen LogP contribution < -0.4 is 5.32 Å². The van der Waals surface area contributed by atoms with Crippen molar-refractivity contribution >= 4 is 5.91 Å². The Morgan fingerprint density at radius 3 is 2.59 bits per heavy atom. The zero-order chi connectivity index (χ0) is 11.7. The molecule has 0 aromatic carbocycles. The molecule has 0 spiro atoms. The molecule has 1 amide bonds. The van der Waals surface area contributed by atoms with Gasteiger partial charge < -0.3 is 10.2 Å². The number of carbonyl (C=O) groups is 1. The molecule has 3 rings (SSSR count). The summed E-state index contributed by atoms with van der Waals surface area (Å²) in [4.78, 5) is 14.5. The van der Waals surface area contributed by atoms with Crippen molar-refractivity contribution in [3.63, 3.8) is 0 Å². The third-order valence-electron chi connectivity index (χ3n) is 4.96. The molecular formula is C14H24N2O. The highest BCUT2D eigenvalue weighted by atomic mass is 16.2. The normalized spacial score (nSPS) is 37.9. The minimum Gasteiger partial charge on any atom is -0.341 e. The lowest BCUT2D eigenvalue weighted by Gasteiger charge is -2.42. The fourth-order valence-corrected chi connectivity index (χ4v) is 3.92. The molecule has 96 valence electrons. The van der Waals surface area contributed by atoms with Crippen LogP contribution in [0, 0.1) is 11.8 Å². The van der Waals surface area contributed by atoms with Gasteiger partial charge in [0, 0.05) is 13.1 Å². The van der Waals surface area contributed by atoms with E-state index in [-0.39, 0.29) is 6.04 Å². The maximum Gasteiger partial charge on any atom is 0.239 e. The van der Waals surface area contributed by atoms with Crippen LogP contribution in [-0.4, -0.2) is 36.5 Å². The highest BCUT2D eigenvalue weighted by Crippen LogP contribution is 2.36. The Morgan fingerprint density at radius 1 is 1.00 bits per heavy atom. The molecule has 2 unspecified atom stereocenters. The molecule has 1 N–H and O–H groups in total. The van der Waals surface area contributed by atoms with E-state index in [4.69, 9.17) is 0 Å². The molecule has 0 aromatic heterocycles. The van der Waals surface area contributed by atoms with E-state index in [1.165, 1.54) is 32.1 Å². The lowest BCUT2D eigenvalue weighted by molar-refractivity contribution is -0.136. The monoisotopic (exact) mass is 236 g/mol. The number of amides is 1. The Kier molecular flexibility index (Phi) is 3.37. The topological polar surface area (TPSA) is 32.3 Å². The first-order chi connectivity index (χ1) is 8.34. The number of rotatable bonds is 1. The predicted molar refractivity (Wildman–Crippen MR) is 67.7 cm³/mol. The summed E-state index contributed by atoms with van der Waals surface area (Å²) in [7, 11) is 0. The first-order valence-electron chi connectivity index (χ1n) is 7.37. The third-order valence-corrected chi connectivity index (χ3v) is 4.96. The van der Waals surface area contributed by atoms with Crippen LogP contribution in [0.25, 0.3) is 0 Å². The quantitative estimate of drug-likeness (QED) is 0.752. The molecule has 3 heteroatoms. The molecule has 1 aliphatic carbocycles. The maximum atomic E-state index is 12.3. The van der Waals surface area contributed by atoms with Crippen LogP contribution in [-0.2, 0) is 4.79 Å². The summed E-state index contributed by atoms with van der Waals surface area (Å²) in [5.41, 5.74) is 0. The highest BCUT2D eigenvalue weighted by Gasteiger charge is 2.35. The van der Waals surface area contributed by atoms with E-state index in [0.29, 0.717) is 5.91 Å². The largest absolute Gasteiger partial charge is 0.341 e. The summed E-state index contributed by atoms with van der Waals surface area (Å²) in [5, 5.41) is 3.33. The van der Waals surface area contributed by atoms with Gasteiger partial charge in [0.25, 0.3) is 0 Å². The van der Waals surface area contributed by atoms with E-state index < -0.39 is 0 Å². The van der Waals surface area contributed by atoms with Gasteiger partial charge in [0.05, 0.1) is 6.04 Å². The standard InChI is InChI=1S/C14H24N2O/c17-14(13-6-3-8-15-13)16-9-7-11-4-1-2-5-12(11)10-16/h11-13,15H,1-10H2/t11?,12?,13-/m1/s1. The third kappa shape index (κ3) is 2.35. The second-order valence-electron chi connectivity index (χ2n) is 6.03. The zero-order valence-corrected chi connectivity index (χ0v) is 10.7. The number of nitrogens with one attached hydrogen (secondary N) is 1. The van der Waals surface area contributed by atoms with Gasteiger partial charge in [-0.1, -0.05) is 19.3 Å². The number of hydrogen-bond acceptors (Lipinski definition) is 2. The fourth-order valence-electron chi connectivity index (χ4n) is 3.92. The Morgan fingerprint density at radius 2 is 1.82 bits per heavy atom. The van der Waals surface area contributed by atoms with Crippen molar-refractivity contribution in [2.75, 3.05) is 19.6 Å². The SMILES string of the molecule is O=C([C@H]1CCCN1)N1CCC2CCCCC2C1. The van der Waals surface area contributed by atoms with Gasteiger partial charge in [-0.05, 0) is 44.1 Å². The summed E-state index contributed by atoms with van der Waals surface area (Å²) >= 11 is 0. The lowest BCUT2D eigenvalue weighted by Crippen LogP contribution is -2.50. The number of carbonyl (C=O) groups excluding carboxylic acids is 1. The molecule has 2 heterocycles. The van der Waals surface area contributed by atoms with Gasteiger partial charge in [-0.15, -0.1) is 0 Å². The van der Waals surface area contributed by atoms with Crippen LogP contribution in [0.3, 0.4) is 0 Å². The minimum absolute atomic E-state index is 0.134. The molecule has 3 nitrogen and oxygen atoms in total. The smallest absolute Gasteiger partial charge is 0.239 e. The maximum absolute atomic E-state index is 12.3. The van der Waals surface area contributed by atoms with Gasteiger partial charge in [-0.2, -0.15) is 0 Å². The van der Waals surface area contributed by atoms with Crippen LogP contribution in [0.5, 0.6) is 0 Å². The lowest BCUT2D eigenvalue weighted by atomic mass is 9.75. The van der Waals surface area contributed by atoms with Crippen molar-refractivity contribution < 1.29 is 4.79 Å². The van der Waals surface area contributed by atoms with Crippen LogP contribution in [0.4, 0.5) is 0 Å². The van der Waals surface area contributed by atoms with Crippen LogP contribution in [0.1, 0.15) is 44.9 Å². The van der Waals surface area contributed by atoms with E-state index in [2.05, 4.69) is 10.2 Å². The van der Waals surface area contributed by atoms with Gasteiger partial charge in [0.15, 0.2) is 0 Å². The average molecular weight is 236 g/mol. The van der Waals surface area contributed by atoms with Gasteiger partial charge in [-0.25, -0.2) is 0 Å². The highest BCUT2D eigenvalue weighted by molar-refractivity contribution is 5.82. The van der Waals surface area contributed by atoms with Gasteiger partial charge in [-0.3, -0.25) is 4.79 Å². The molecule has 1 saturated carbocycles.